The van der Waals surface area contributed by atoms with Crippen LogP contribution >= 0.6 is 22.6 Å². The van der Waals surface area contributed by atoms with Crippen molar-refractivity contribution in [3.63, 3.8) is 0 Å². The fourth-order valence-electron chi connectivity index (χ4n) is 6.33. The first-order valence-electron chi connectivity index (χ1n) is 14.8. The summed E-state index contributed by atoms with van der Waals surface area (Å²) in [6.45, 7) is 12.4. The number of cyclic esters (lactones) is 1. The van der Waals surface area contributed by atoms with Crippen molar-refractivity contribution in [2.75, 3.05) is 12.3 Å². The van der Waals surface area contributed by atoms with Crippen LogP contribution in [0.5, 0.6) is 0 Å². The summed E-state index contributed by atoms with van der Waals surface area (Å²) in [5.41, 5.74) is 5.26. The Morgan fingerprint density at radius 1 is 1.19 bits per heavy atom. The van der Waals surface area contributed by atoms with Crippen LogP contribution in [0.25, 0.3) is 0 Å². The van der Waals surface area contributed by atoms with Gasteiger partial charge in [-0.3, -0.25) is 14.4 Å². The fraction of sp³-hybridized carbons (Fsp3) is 0.677. The molecule has 1 amide bonds. The van der Waals surface area contributed by atoms with Crippen LogP contribution in [-0.2, 0) is 35.3 Å². The Morgan fingerprint density at radius 2 is 1.86 bits per heavy atom. The number of ether oxygens (including phenoxy) is 2. The molecule has 2 aliphatic heterocycles. The van der Waals surface area contributed by atoms with E-state index in [1.165, 1.54) is 6.92 Å². The van der Waals surface area contributed by atoms with E-state index in [0.29, 0.717) is 48.6 Å². The summed E-state index contributed by atoms with van der Waals surface area (Å²) in [7, 11) is 0. The summed E-state index contributed by atoms with van der Waals surface area (Å²) in [5, 5.41) is 16.4. The predicted octanol–water partition coefficient (Wildman–Crippen LogP) is 4.67. The number of carbonyl (C=O) groups excluding carboxylic acids is 3. The highest BCUT2D eigenvalue weighted by atomic mass is 127. The van der Waals surface area contributed by atoms with E-state index in [2.05, 4.69) is 15.1 Å². The van der Waals surface area contributed by atoms with E-state index in [1.807, 2.05) is 43.4 Å². The molecule has 3 rings (SSSR count). The van der Waals surface area contributed by atoms with Crippen LogP contribution in [0.4, 0.5) is 5.82 Å². The lowest BCUT2D eigenvalue weighted by atomic mass is 9.71. The molecule has 0 saturated carbocycles. The number of aromatic nitrogens is 1. The molecule has 12 heteroatoms. The summed E-state index contributed by atoms with van der Waals surface area (Å²) in [5.74, 6) is -3.56. The summed E-state index contributed by atoms with van der Waals surface area (Å²) >= 11 is 1.91. The van der Waals surface area contributed by atoms with Gasteiger partial charge in [0.1, 0.15) is 23.1 Å². The van der Waals surface area contributed by atoms with Crippen molar-refractivity contribution in [1.82, 2.24) is 4.98 Å². The number of hydrogen-bond donors (Lipinski definition) is 2. The van der Waals surface area contributed by atoms with Crippen LogP contribution in [0, 0.1) is 29.6 Å². The summed E-state index contributed by atoms with van der Waals surface area (Å²) in [6, 6.07) is 5.26. The molecule has 0 aromatic carbocycles. The highest BCUT2D eigenvalue weighted by molar-refractivity contribution is 14.1. The van der Waals surface area contributed by atoms with Crippen LogP contribution in [0.2, 0.25) is 0 Å². The number of aliphatic imine (C=N–C) groups is 1. The van der Waals surface area contributed by atoms with Gasteiger partial charge in [-0.1, -0.05) is 32.0 Å². The Bertz CT molecular complexity index is 1250. The number of amides is 1. The van der Waals surface area contributed by atoms with Crippen LogP contribution < -0.4 is 5.73 Å². The molecule has 238 valence electrons. The number of alkyl halides is 1. The summed E-state index contributed by atoms with van der Waals surface area (Å²) < 4.78 is 11.3. The van der Waals surface area contributed by atoms with Crippen molar-refractivity contribution in [3.8, 4) is 0 Å². The molecule has 0 spiro atoms. The minimum atomic E-state index is -1.55. The van der Waals surface area contributed by atoms with Gasteiger partial charge < -0.3 is 25.2 Å². The van der Waals surface area contributed by atoms with Crippen molar-refractivity contribution >= 4 is 57.5 Å². The number of halogens is 1. The molecular formula is C31H45IN4O7. The van der Waals surface area contributed by atoms with E-state index in [-0.39, 0.29) is 36.7 Å². The highest BCUT2D eigenvalue weighted by Crippen LogP contribution is 2.41. The molecule has 3 heterocycles. The maximum absolute atomic E-state index is 13.4. The lowest BCUT2D eigenvalue weighted by molar-refractivity contribution is -0.164. The quantitative estimate of drug-likeness (QED) is 0.149. The number of ketones is 1. The molecule has 11 nitrogen and oxygen atoms in total. The standard InChI is InChI=1S/C31H45IN4O7/c1-17-13-30(6)14-18(2)27(38)20(4)28(39)43-29(32)31(7,40)24(19(3)26(17)34-21(5)37)12-11-23(15-41-30)36-42-16-22-9-8-10-25(33)35-22/h8-10,17-20,24,29,40H,11-16H2,1-7H3,(H2,33,35)/b34-26+,36-23+/t17-,18-,19-,20-,24-,29+,30-,31+/m1/s1. The second-order valence-electron chi connectivity index (χ2n) is 12.5. The van der Waals surface area contributed by atoms with Crippen molar-refractivity contribution < 1.29 is 33.8 Å². The Balaban J connectivity index is 2.13. The minimum absolute atomic E-state index is 0.102. The number of aliphatic hydroxyl groups is 1. The first-order valence-corrected chi connectivity index (χ1v) is 16.0. The average Bonchev–Trinajstić information content (AvgIpc) is 2.93. The Morgan fingerprint density at radius 3 is 2.51 bits per heavy atom. The second-order valence-corrected chi connectivity index (χ2v) is 13.7. The molecular weight excluding hydrogens is 667 g/mol. The number of Topliss-reactive ketones (excluding diaryl/α,β-unsaturated/α-hetero) is 1. The van der Waals surface area contributed by atoms with Gasteiger partial charge in [-0.15, -0.1) is 0 Å². The van der Waals surface area contributed by atoms with E-state index < -0.39 is 39.0 Å². The first kappa shape index (κ1) is 35.0. The Labute approximate surface area is 267 Å². The van der Waals surface area contributed by atoms with Crippen LogP contribution in [0.1, 0.15) is 79.8 Å². The molecule has 0 radical (unpaired) electrons. The maximum Gasteiger partial charge on any atom is 0.317 e. The number of rotatable bonds is 3. The molecule has 1 aromatic rings. The van der Waals surface area contributed by atoms with E-state index in [4.69, 9.17) is 20.0 Å². The van der Waals surface area contributed by atoms with Gasteiger partial charge in [0.15, 0.2) is 10.7 Å². The SMILES string of the molecule is CC(=O)/N=C1\[C@H](C)C[C@]2(C)C[C@@H](C)C(=O)[C@@H](C)C(=O)O[C@H](I)[C@@](C)(O)[C@H](CC/C(=N\OCc3cccc(N)n3)CO2)[C@H]1C. The molecule has 2 aliphatic rings. The number of anilines is 1. The van der Waals surface area contributed by atoms with Crippen LogP contribution in [-0.4, -0.2) is 61.1 Å². The smallest absolute Gasteiger partial charge is 0.317 e. The van der Waals surface area contributed by atoms with Gasteiger partial charge in [0, 0.05) is 24.5 Å². The van der Waals surface area contributed by atoms with Gasteiger partial charge in [0.25, 0.3) is 0 Å². The van der Waals surface area contributed by atoms with Crippen molar-refractivity contribution in [2.45, 2.75) is 96.1 Å². The summed E-state index contributed by atoms with van der Waals surface area (Å²) in [4.78, 5) is 53.2. The number of esters is 1. The largest absolute Gasteiger partial charge is 0.448 e. The number of nitrogens with zero attached hydrogens (tertiary/aromatic N) is 3. The molecule has 43 heavy (non-hydrogen) atoms. The Hall–Kier alpha value is -2.45. The maximum atomic E-state index is 13.4. The summed E-state index contributed by atoms with van der Waals surface area (Å²) in [6.07, 6.45) is 1.56. The molecule has 8 atom stereocenters. The molecule has 3 N–H and O–H groups in total. The molecule has 0 aliphatic carbocycles. The molecule has 2 bridgehead atoms. The monoisotopic (exact) mass is 712 g/mol. The first-order chi connectivity index (χ1) is 20.0. The predicted molar refractivity (Wildman–Crippen MR) is 171 cm³/mol. The zero-order valence-corrected chi connectivity index (χ0v) is 28.3. The van der Waals surface area contributed by atoms with Gasteiger partial charge >= 0.3 is 5.97 Å². The zero-order valence-electron chi connectivity index (χ0n) is 26.1. The van der Waals surface area contributed by atoms with E-state index in [9.17, 15) is 19.5 Å². The topological polar surface area (TPSA) is 163 Å². The van der Waals surface area contributed by atoms with Crippen molar-refractivity contribution in [1.29, 1.82) is 0 Å². The minimum Gasteiger partial charge on any atom is -0.448 e. The molecule has 1 aromatic heterocycles. The van der Waals surface area contributed by atoms with Crippen LogP contribution in [0.3, 0.4) is 0 Å². The Kier molecular flexibility index (Phi) is 11.9. The second kappa shape index (κ2) is 14.6. The lowest BCUT2D eigenvalue weighted by Crippen LogP contribution is -2.51. The highest BCUT2D eigenvalue weighted by Gasteiger charge is 2.47. The number of hydrogen-bond acceptors (Lipinski definition) is 10. The van der Waals surface area contributed by atoms with Crippen molar-refractivity contribution in [3.05, 3.63) is 23.9 Å². The van der Waals surface area contributed by atoms with Gasteiger partial charge in [-0.25, -0.2) is 9.98 Å². The third kappa shape index (κ3) is 9.04. The van der Waals surface area contributed by atoms with Gasteiger partial charge in [-0.2, -0.15) is 0 Å². The number of pyridine rings is 1. The number of fused-ring (bicyclic) bond motifs is 5. The van der Waals surface area contributed by atoms with Crippen molar-refractivity contribution in [2.24, 2.45) is 39.7 Å². The van der Waals surface area contributed by atoms with E-state index in [0.717, 1.165) is 0 Å². The van der Waals surface area contributed by atoms with E-state index in [1.54, 1.807) is 39.0 Å². The van der Waals surface area contributed by atoms with Crippen LogP contribution in [0.15, 0.2) is 28.3 Å². The number of nitrogen functional groups attached to an aromatic ring is 1. The van der Waals surface area contributed by atoms with Gasteiger partial charge in [-0.05, 0) is 93.0 Å². The fourth-order valence-corrected chi connectivity index (χ4v) is 7.04. The third-order valence-electron chi connectivity index (χ3n) is 8.60. The molecule has 0 unspecified atom stereocenters. The van der Waals surface area contributed by atoms with Gasteiger partial charge in [0.05, 0.1) is 23.6 Å². The number of oxime groups is 1. The average molecular weight is 713 g/mol. The van der Waals surface area contributed by atoms with Gasteiger partial charge in [0.2, 0.25) is 5.91 Å². The number of nitrogens with two attached hydrogens (primary N) is 1. The third-order valence-corrected chi connectivity index (χ3v) is 10.1. The zero-order chi connectivity index (χ0) is 32.1. The lowest BCUT2D eigenvalue weighted by Gasteiger charge is -2.42. The normalized spacial score (nSPS) is 36.8. The molecule has 2 fully saturated rings. The van der Waals surface area contributed by atoms with E-state index >= 15 is 0 Å². The molecule has 2 saturated heterocycles. The number of carbonyl (C=O) groups is 3.